The highest BCUT2D eigenvalue weighted by molar-refractivity contribution is 5.66. The van der Waals surface area contributed by atoms with Crippen LogP contribution in [0.15, 0.2) is 91.0 Å². The molecule has 218 valence electrons. The molecule has 41 heavy (non-hydrogen) atoms. The molecule has 4 rings (SSSR count). The van der Waals surface area contributed by atoms with E-state index in [2.05, 4.69) is 0 Å². The lowest BCUT2D eigenvalue weighted by Crippen LogP contribution is -2.61. The minimum absolute atomic E-state index is 0.0184. The Kier molecular flexibility index (Phi) is 11.9. The second-order valence-electron chi connectivity index (χ2n) is 9.93. The van der Waals surface area contributed by atoms with Crippen LogP contribution in [0.5, 0.6) is 0 Å². The zero-order valence-electron chi connectivity index (χ0n) is 23.6. The number of ether oxygens (including phenoxy) is 6. The minimum Gasteiger partial charge on any atom is -0.466 e. The van der Waals surface area contributed by atoms with Gasteiger partial charge in [-0.3, -0.25) is 9.59 Å². The average molecular weight is 563 g/mol. The molecule has 0 N–H and O–H groups in total. The summed E-state index contributed by atoms with van der Waals surface area (Å²) in [6.45, 7) is 3.80. The van der Waals surface area contributed by atoms with Crippen LogP contribution in [-0.2, 0) is 57.8 Å². The van der Waals surface area contributed by atoms with Gasteiger partial charge in [0.2, 0.25) is 0 Å². The Morgan fingerprint density at radius 1 is 0.585 bits per heavy atom. The molecule has 8 heteroatoms. The van der Waals surface area contributed by atoms with Crippen molar-refractivity contribution in [2.45, 2.75) is 70.6 Å². The molecule has 0 saturated carbocycles. The summed E-state index contributed by atoms with van der Waals surface area (Å²) in [5.74, 6) is -0.795. The largest absolute Gasteiger partial charge is 0.466 e. The van der Waals surface area contributed by atoms with E-state index in [0.717, 1.165) is 16.7 Å². The molecule has 0 aliphatic carbocycles. The van der Waals surface area contributed by atoms with E-state index in [1.165, 1.54) is 13.8 Å². The predicted molar refractivity (Wildman–Crippen MR) is 152 cm³/mol. The lowest BCUT2D eigenvalue weighted by atomic mass is 9.92. The fourth-order valence-corrected chi connectivity index (χ4v) is 4.77. The molecule has 1 aliphatic heterocycles. The zero-order chi connectivity index (χ0) is 28.9. The second kappa shape index (κ2) is 16.0. The SMILES string of the molecule is CC(=O)OCCC1O[C@H](COC(C)=O)[C@@H](OCc2ccccc2)[C@H](OCc2ccccc2)[C@H]1OCc1ccccc1. The van der Waals surface area contributed by atoms with E-state index in [0.29, 0.717) is 26.2 Å². The lowest BCUT2D eigenvalue weighted by molar-refractivity contribution is -0.273. The van der Waals surface area contributed by atoms with E-state index in [1.807, 2.05) is 91.0 Å². The normalized spacial score (nSPS) is 22.1. The van der Waals surface area contributed by atoms with Crippen molar-refractivity contribution in [3.8, 4) is 0 Å². The van der Waals surface area contributed by atoms with Gasteiger partial charge >= 0.3 is 11.9 Å². The maximum absolute atomic E-state index is 11.8. The van der Waals surface area contributed by atoms with Gasteiger partial charge in [-0.25, -0.2) is 0 Å². The van der Waals surface area contributed by atoms with Crippen molar-refractivity contribution in [3.05, 3.63) is 108 Å². The molecule has 0 radical (unpaired) electrons. The molecule has 1 fully saturated rings. The molecule has 0 aromatic heterocycles. The van der Waals surface area contributed by atoms with Gasteiger partial charge in [0.1, 0.15) is 31.0 Å². The van der Waals surface area contributed by atoms with Gasteiger partial charge in [-0.15, -0.1) is 0 Å². The summed E-state index contributed by atoms with van der Waals surface area (Å²) in [5, 5.41) is 0. The van der Waals surface area contributed by atoms with Crippen LogP contribution in [-0.4, -0.2) is 55.7 Å². The Bertz CT molecular complexity index is 1190. The van der Waals surface area contributed by atoms with E-state index in [1.54, 1.807) is 0 Å². The molecule has 3 aromatic rings. The van der Waals surface area contributed by atoms with Crippen LogP contribution in [0.3, 0.4) is 0 Å². The summed E-state index contributed by atoms with van der Waals surface area (Å²) in [6.07, 6.45) is -2.56. The number of carbonyl (C=O) groups is 2. The molecular weight excluding hydrogens is 524 g/mol. The van der Waals surface area contributed by atoms with E-state index in [4.69, 9.17) is 28.4 Å². The predicted octanol–water partition coefficient (Wildman–Crippen LogP) is 5.03. The number of carbonyl (C=O) groups excluding carboxylic acids is 2. The first kappa shape index (κ1) is 30.4. The number of hydrogen-bond donors (Lipinski definition) is 0. The first-order valence-corrected chi connectivity index (χ1v) is 13.9. The molecule has 1 aliphatic rings. The third kappa shape index (κ3) is 9.79. The van der Waals surface area contributed by atoms with Gasteiger partial charge in [0, 0.05) is 20.3 Å². The Labute approximate surface area is 241 Å². The molecule has 0 amide bonds. The summed E-state index contributed by atoms with van der Waals surface area (Å²) in [4.78, 5) is 23.3. The molecule has 5 atom stereocenters. The maximum atomic E-state index is 11.8. The van der Waals surface area contributed by atoms with E-state index >= 15 is 0 Å². The Balaban J connectivity index is 1.64. The minimum atomic E-state index is -0.637. The van der Waals surface area contributed by atoms with E-state index in [-0.39, 0.29) is 19.2 Å². The standard InChI is InChI=1S/C33H38O8/c1-24(34)36-19-18-29-31(38-20-26-12-6-3-7-13-26)33(40-22-28-16-10-5-11-17-28)32(30(41-29)23-37-25(2)35)39-21-27-14-8-4-9-15-27/h3-17,29-33H,18-23H2,1-2H3/t29?,30-,31+,32-,33-/m1/s1. The first-order valence-electron chi connectivity index (χ1n) is 13.9. The van der Waals surface area contributed by atoms with Crippen LogP contribution < -0.4 is 0 Å². The van der Waals surface area contributed by atoms with Crippen LogP contribution >= 0.6 is 0 Å². The third-order valence-electron chi connectivity index (χ3n) is 6.74. The van der Waals surface area contributed by atoms with Crippen LogP contribution in [0.4, 0.5) is 0 Å². The Hall–Kier alpha value is -3.56. The topological polar surface area (TPSA) is 89.5 Å². The maximum Gasteiger partial charge on any atom is 0.302 e. The molecule has 1 saturated heterocycles. The highest BCUT2D eigenvalue weighted by atomic mass is 16.6. The smallest absolute Gasteiger partial charge is 0.302 e. The summed E-state index contributed by atoms with van der Waals surface area (Å²) in [5.41, 5.74) is 2.98. The van der Waals surface area contributed by atoms with Crippen molar-refractivity contribution in [2.75, 3.05) is 13.2 Å². The fraction of sp³-hybridized carbons (Fsp3) is 0.394. The van der Waals surface area contributed by atoms with E-state index < -0.39 is 36.5 Å². The van der Waals surface area contributed by atoms with Crippen LogP contribution in [0.25, 0.3) is 0 Å². The van der Waals surface area contributed by atoms with E-state index in [9.17, 15) is 9.59 Å². The summed E-state index contributed by atoms with van der Waals surface area (Å²) >= 11 is 0. The molecule has 0 spiro atoms. The average Bonchev–Trinajstić information content (AvgIpc) is 2.99. The Morgan fingerprint density at radius 2 is 1.00 bits per heavy atom. The third-order valence-corrected chi connectivity index (χ3v) is 6.74. The van der Waals surface area contributed by atoms with Crippen molar-refractivity contribution in [1.82, 2.24) is 0 Å². The van der Waals surface area contributed by atoms with Crippen molar-refractivity contribution < 1.29 is 38.0 Å². The van der Waals surface area contributed by atoms with Crippen LogP contribution in [0.1, 0.15) is 37.0 Å². The van der Waals surface area contributed by atoms with Gasteiger partial charge in [0.05, 0.1) is 32.5 Å². The quantitative estimate of drug-likeness (QED) is 0.253. The highest BCUT2D eigenvalue weighted by Crippen LogP contribution is 2.32. The molecule has 0 bridgehead atoms. The summed E-state index contributed by atoms with van der Waals surface area (Å²) in [7, 11) is 0. The van der Waals surface area contributed by atoms with Gasteiger partial charge < -0.3 is 28.4 Å². The van der Waals surface area contributed by atoms with Gasteiger partial charge in [-0.05, 0) is 16.7 Å². The highest BCUT2D eigenvalue weighted by Gasteiger charge is 2.48. The number of benzene rings is 3. The molecule has 1 heterocycles. The van der Waals surface area contributed by atoms with Crippen molar-refractivity contribution in [1.29, 1.82) is 0 Å². The summed E-state index contributed by atoms with van der Waals surface area (Å²) < 4.78 is 36.8. The van der Waals surface area contributed by atoms with Gasteiger partial charge in [0.15, 0.2) is 0 Å². The monoisotopic (exact) mass is 562 g/mol. The van der Waals surface area contributed by atoms with Gasteiger partial charge in [-0.2, -0.15) is 0 Å². The fourth-order valence-electron chi connectivity index (χ4n) is 4.77. The van der Waals surface area contributed by atoms with Crippen LogP contribution in [0, 0.1) is 0 Å². The van der Waals surface area contributed by atoms with Gasteiger partial charge in [-0.1, -0.05) is 91.0 Å². The molecular formula is C33H38O8. The van der Waals surface area contributed by atoms with Crippen molar-refractivity contribution >= 4 is 11.9 Å². The Morgan fingerprint density at radius 3 is 1.44 bits per heavy atom. The number of rotatable bonds is 14. The van der Waals surface area contributed by atoms with Crippen molar-refractivity contribution in [3.63, 3.8) is 0 Å². The zero-order valence-corrected chi connectivity index (χ0v) is 23.6. The molecule has 1 unspecified atom stereocenters. The first-order chi connectivity index (χ1) is 20.0. The van der Waals surface area contributed by atoms with Crippen LogP contribution in [0.2, 0.25) is 0 Å². The molecule has 3 aromatic carbocycles. The number of esters is 2. The molecule has 8 nitrogen and oxygen atoms in total. The number of hydrogen-bond acceptors (Lipinski definition) is 8. The van der Waals surface area contributed by atoms with Gasteiger partial charge in [0.25, 0.3) is 0 Å². The lowest BCUT2D eigenvalue weighted by Gasteiger charge is -2.46. The summed E-state index contributed by atoms with van der Waals surface area (Å²) in [6, 6.07) is 29.5. The second-order valence-corrected chi connectivity index (χ2v) is 9.93. The van der Waals surface area contributed by atoms with Crippen molar-refractivity contribution in [2.24, 2.45) is 0 Å².